The van der Waals surface area contributed by atoms with Gasteiger partial charge in [0.05, 0.1) is 5.92 Å². The summed E-state index contributed by atoms with van der Waals surface area (Å²) in [4.78, 5) is 37.5. The Hall–Kier alpha value is -1.59. The molecule has 6 heteroatoms. The summed E-state index contributed by atoms with van der Waals surface area (Å²) in [5, 5.41) is 12.0. The zero-order valence-electron chi connectivity index (χ0n) is 12.1. The number of likely N-dealkylation sites (tertiary alicyclic amines) is 1. The summed E-state index contributed by atoms with van der Waals surface area (Å²) < 4.78 is 0. The maximum atomic E-state index is 12.6. The number of aliphatic carboxylic acids is 1. The van der Waals surface area contributed by atoms with E-state index in [9.17, 15) is 14.4 Å². The highest BCUT2D eigenvalue weighted by Crippen LogP contribution is 2.34. The molecule has 3 aliphatic rings. The molecular formula is C15H22N2O4. The summed E-state index contributed by atoms with van der Waals surface area (Å²) >= 11 is 0. The molecule has 6 nitrogen and oxygen atoms in total. The molecule has 0 spiro atoms. The summed E-state index contributed by atoms with van der Waals surface area (Å²) in [5.41, 5.74) is 0. The lowest BCUT2D eigenvalue weighted by Crippen LogP contribution is -2.48. The van der Waals surface area contributed by atoms with Crippen LogP contribution in [0.3, 0.4) is 0 Å². The van der Waals surface area contributed by atoms with Crippen molar-refractivity contribution >= 4 is 17.8 Å². The van der Waals surface area contributed by atoms with E-state index in [-0.39, 0.29) is 23.8 Å². The summed E-state index contributed by atoms with van der Waals surface area (Å²) in [5.74, 6) is -1.49. The van der Waals surface area contributed by atoms with Gasteiger partial charge in [0.1, 0.15) is 6.04 Å². The molecule has 1 aliphatic heterocycles. The molecular weight excluding hydrogens is 272 g/mol. The molecule has 2 N–H and O–H groups in total. The number of hydrogen-bond acceptors (Lipinski definition) is 3. The average molecular weight is 294 g/mol. The fraction of sp³-hybridized carbons (Fsp3) is 0.800. The standard InChI is InChI=1S/C15H22N2O4/c18-13(16-11-5-6-11)12-2-1-7-17(12)14(19)9-3-4-10(8-9)15(20)21/h9-12H,1-8H2,(H,16,18)(H,20,21). The number of nitrogens with zero attached hydrogens (tertiary/aromatic N) is 1. The predicted molar refractivity (Wildman–Crippen MR) is 74.4 cm³/mol. The zero-order chi connectivity index (χ0) is 15.0. The number of rotatable bonds is 4. The van der Waals surface area contributed by atoms with Gasteiger partial charge in [-0.1, -0.05) is 0 Å². The molecule has 0 aromatic heterocycles. The van der Waals surface area contributed by atoms with Crippen LogP contribution in [-0.2, 0) is 14.4 Å². The van der Waals surface area contributed by atoms with Gasteiger partial charge in [0, 0.05) is 18.5 Å². The molecule has 21 heavy (non-hydrogen) atoms. The Labute approximate surface area is 123 Å². The Morgan fingerprint density at radius 1 is 1.00 bits per heavy atom. The highest BCUT2D eigenvalue weighted by Gasteiger charge is 2.41. The van der Waals surface area contributed by atoms with Crippen molar-refractivity contribution in [3.8, 4) is 0 Å². The third kappa shape index (κ3) is 3.04. The van der Waals surface area contributed by atoms with E-state index in [0.29, 0.717) is 31.8 Å². The fourth-order valence-corrected chi connectivity index (χ4v) is 3.49. The third-order valence-electron chi connectivity index (χ3n) is 4.89. The van der Waals surface area contributed by atoms with Crippen LogP contribution in [0.25, 0.3) is 0 Å². The van der Waals surface area contributed by atoms with Gasteiger partial charge in [-0.05, 0) is 44.9 Å². The predicted octanol–water partition coefficient (Wildman–Crippen LogP) is 0.757. The van der Waals surface area contributed by atoms with Gasteiger partial charge in [0.15, 0.2) is 0 Å². The lowest BCUT2D eigenvalue weighted by atomic mass is 10.0. The normalized spacial score (nSPS) is 32.2. The number of carboxylic acids is 1. The van der Waals surface area contributed by atoms with Gasteiger partial charge in [-0.3, -0.25) is 14.4 Å². The average Bonchev–Trinajstić information content (AvgIpc) is 2.99. The monoisotopic (exact) mass is 294 g/mol. The Morgan fingerprint density at radius 3 is 2.33 bits per heavy atom. The van der Waals surface area contributed by atoms with E-state index in [1.165, 1.54) is 0 Å². The van der Waals surface area contributed by atoms with Crippen LogP contribution < -0.4 is 5.32 Å². The summed E-state index contributed by atoms with van der Waals surface area (Å²) in [6.07, 6.45) is 5.26. The number of carboxylic acid groups (broad SMARTS) is 1. The number of hydrogen-bond donors (Lipinski definition) is 2. The number of nitrogens with one attached hydrogen (secondary N) is 1. The second-order valence-corrected chi connectivity index (χ2v) is 6.52. The van der Waals surface area contributed by atoms with Gasteiger partial charge in [0.2, 0.25) is 11.8 Å². The van der Waals surface area contributed by atoms with E-state index < -0.39 is 11.9 Å². The van der Waals surface area contributed by atoms with Gasteiger partial charge < -0.3 is 15.3 Å². The van der Waals surface area contributed by atoms with E-state index >= 15 is 0 Å². The van der Waals surface area contributed by atoms with E-state index in [1.807, 2.05) is 0 Å². The Kier molecular flexibility index (Phi) is 3.87. The molecule has 3 atom stereocenters. The molecule has 3 rings (SSSR count). The third-order valence-corrected chi connectivity index (χ3v) is 4.89. The molecule has 0 aromatic carbocycles. The van der Waals surface area contributed by atoms with Gasteiger partial charge in [-0.25, -0.2) is 0 Å². The van der Waals surface area contributed by atoms with Crippen molar-refractivity contribution in [1.82, 2.24) is 10.2 Å². The van der Waals surface area contributed by atoms with Crippen molar-refractivity contribution in [2.24, 2.45) is 11.8 Å². The van der Waals surface area contributed by atoms with Crippen molar-refractivity contribution in [2.75, 3.05) is 6.54 Å². The second-order valence-electron chi connectivity index (χ2n) is 6.52. The van der Waals surface area contributed by atoms with Crippen LogP contribution in [0.2, 0.25) is 0 Å². The first kappa shape index (κ1) is 14.4. The van der Waals surface area contributed by atoms with Crippen molar-refractivity contribution < 1.29 is 19.5 Å². The molecule has 0 bridgehead atoms. The second kappa shape index (κ2) is 5.66. The first-order chi connectivity index (χ1) is 10.1. The minimum absolute atomic E-state index is 0.0211. The summed E-state index contributed by atoms with van der Waals surface area (Å²) in [7, 11) is 0. The topological polar surface area (TPSA) is 86.7 Å². The summed E-state index contributed by atoms with van der Waals surface area (Å²) in [6, 6.07) is -0.0418. The molecule has 2 saturated carbocycles. The van der Waals surface area contributed by atoms with Crippen LogP contribution in [0.15, 0.2) is 0 Å². The van der Waals surface area contributed by atoms with Crippen LogP contribution in [-0.4, -0.2) is 46.4 Å². The van der Waals surface area contributed by atoms with Crippen LogP contribution in [0.4, 0.5) is 0 Å². The maximum absolute atomic E-state index is 12.6. The maximum Gasteiger partial charge on any atom is 0.306 e. The molecule has 2 amide bonds. The minimum atomic E-state index is -0.810. The molecule has 1 saturated heterocycles. The van der Waals surface area contributed by atoms with Crippen LogP contribution in [0, 0.1) is 11.8 Å². The highest BCUT2D eigenvalue weighted by molar-refractivity contribution is 5.89. The number of carbonyl (C=O) groups is 3. The Balaban J connectivity index is 1.60. The molecule has 0 aromatic rings. The Morgan fingerprint density at radius 2 is 1.71 bits per heavy atom. The van der Waals surface area contributed by atoms with Crippen molar-refractivity contribution in [1.29, 1.82) is 0 Å². The molecule has 3 fully saturated rings. The van der Waals surface area contributed by atoms with E-state index in [4.69, 9.17) is 5.11 Å². The quantitative estimate of drug-likeness (QED) is 0.801. The van der Waals surface area contributed by atoms with E-state index in [0.717, 1.165) is 25.7 Å². The number of amides is 2. The largest absolute Gasteiger partial charge is 0.481 e. The molecule has 2 aliphatic carbocycles. The van der Waals surface area contributed by atoms with Gasteiger partial charge >= 0.3 is 5.97 Å². The minimum Gasteiger partial charge on any atom is -0.481 e. The van der Waals surface area contributed by atoms with E-state index in [1.54, 1.807) is 4.90 Å². The van der Waals surface area contributed by atoms with Crippen LogP contribution in [0.5, 0.6) is 0 Å². The lowest BCUT2D eigenvalue weighted by molar-refractivity contribution is -0.143. The molecule has 0 radical (unpaired) electrons. The van der Waals surface area contributed by atoms with E-state index in [2.05, 4.69) is 5.32 Å². The zero-order valence-corrected chi connectivity index (χ0v) is 12.1. The van der Waals surface area contributed by atoms with Gasteiger partial charge in [-0.15, -0.1) is 0 Å². The lowest BCUT2D eigenvalue weighted by Gasteiger charge is -2.26. The first-order valence-corrected chi connectivity index (χ1v) is 7.90. The van der Waals surface area contributed by atoms with Crippen molar-refractivity contribution in [3.63, 3.8) is 0 Å². The van der Waals surface area contributed by atoms with Gasteiger partial charge in [0.25, 0.3) is 0 Å². The van der Waals surface area contributed by atoms with Crippen molar-refractivity contribution in [3.05, 3.63) is 0 Å². The smallest absolute Gasteiger partial charge is 0.306 e. The van der Waals surface area contributed by atoms with Crippen LogP contribution in [0.1, 0.15) is 44.9 Å². The molecule has 1 heterocycles. The molecule has 116 valence electrons. The summed E-state index contributed by atoms with van der Waals surface area (Å²) in [6.45, 7) is 0.621. The molecule has 3 unspecified atom stereocenters. The first-order valence-electron chi connectivity index (χ1n) is 7.90. The van der Waals surface area contributed by atoms with Crippen LogP contribution >= 0.6 is 0 Å². The fourth-order valence-electron chi connectivity index (χ4n) is 3.49. The SMILES string of the molecule is O=C(O)C1CCC(C(=O)N2CCCC2C(=O)NC2CC2)C1. The van der Waals surface area contributed by atoms with Gasteiger partial charge in [-0.2, -0.15) is 0 Å². The number of carbonyl (C=O) groups excluding carboxylic acids is 2. The Bertz CT molecular complexity index is 461. The van der Waals surface area contributed by atoms with Crippen molar-refractivity contribution in [2.45, 2.75) is 57.0 Å². The highest BCUT2D eigenvalue weighted by atomic mass is 16.4.